The Balaban J connectivity index is 0.000000476. The van der Waals surface area contributed by atoms with E-state index in [4.69, 9.17) is 16.6 Å². The Morgan fingerprint density at radius 2 is 1.83 bits per heavy atom. The van der Waals surface area contributed by atoms with Crippen LogP contribution < -0.4 is 20.9 Å². The fourth-order valence-electron chi connectivity index (χ4n) is 7.35. The predicted molar refractivity (Wildman–Crippen MR) is 196 cm³/mol. The first-order valence-electron chi connectivity index (χ1n) is 18.1. The predicted octanol–water partition coefficient (Wildman–Crippen LogP) is 8.07. The molecule has 2 aliphatic carbocycles. The summed E-state index contributed by atoms with van der Waals surface area (Å²) in [7, 11) is 0. The van der Waals surface area contributed by atoms with Gasteiger partial charge in [-0.15, -0.1) is 0 Å². The lowest BCUT2D eigenvalue weighted by atomic mass is 9.89. The molecule has 3 aromatic heterocycles. The van der Waals surface area contributed by atoms with Crippen LogP contribution in [0.15, 0.2) is 30.7 Å². The number of pyridine rings is 2. The molecule has 15 heteroatoms. The number of carbonyl (C=O) groups excluding carboxylic acids is 2. The number of amides is 2. The van der Waals surface area contributed by atoms with Gasteiger partial charge < -0.3 is 25.4 Å². The molecule has 1 aromatic carbocycles. The number of carbonyl (C=O) groups is 2. The van der Waals surface area contributed by atoms with E-state index < -0.39 is 52.2 Å². The van der Waals surface area contributed by atoms with E-state index in [0.717, 1.165) is 30.7 Å². The van der Waals surface area contributed by atoms with E-state index in [2.05, 4.69) is 20.6 Å². The maximum absolute atomic E-state index is 15.3. The first-order chi connectivity index (χ1) is 25.2. The summed E-state index contributed by atoms with van der Waals surface area (Å²) in [6.45, 7) is 9.10. The van der Waals surface area contributed by atoms with Crippen molar-refractivity contribution in [3.8, 4) is 11.3 Å². The van der Waals surface area contributed by atoms with E-state index >= 15 is 4.39 Å². The number of nitrogens with one attached hydrogen (secondary N) is 3. The minimum Gasteiger partial charge on any atom is -0.346 e. The normalized spacial score (nSPS) is 18.6. The molecule has 2 aliphatic heterocycles. The number of alkyl halides is 2. The molecular formula is C38H43ClF4N8O2. The summed E-state index contributed by atoms with van der Waals surface area (Å²) in [5.41, 5.74) is 2.29. The second kappa shape index (κ2) is 14.2. The van der Waals surface area contributed by atoms with Gasteiger partial charge in [-0.3, -0.25) is 14.6 Å². The molecule has 5 heterocycles. The van der Waals surface area contributed by atoms with Crippen LogP contribution in [0.4, 0.5) is 34.8 Å². The second-order valence-electron chi connectivity index (χ2n) is 15.4. The monoisotopic (exact) mass is 754 g/mol. The minimum atomic E-state index is -2.86. The van der Waals surface area contributed by atoms with Gasteiger partial charge >= 0.3 is 0 Å². The Morgan fingerprint density at radius 1 is 1.08 bits per heavy atom. The minimum absolute atomic E-state index is 0.0121. The van der Waals surface area contributed by atoms with Gasteiger partial charge in [0.2, 0.25) is 5.91 Å². The van der Waals surface area contributed by atoms with Crippen LogP contribution in [0, 0.1) is 17.0 Å². The van der Waals surface area contributed by atoms with Crippen molar-refractivity contribution in [2.45, 2.75) is 96.6 Å². The van der Waals surface area contributed by atoms with Crippen molar-refractivity contribution >= 4 is 51.6 Å². The van der Waals surface area contributed by atoms with Gasteiger partial charge in [-0.1, -0.05) is 11.6 Å². The fraction of sp³-hybridized carbons (Fsp3) is 0.500. The van der Waals surface area contributed by atoms with Crippen LogP contribution in [-0.4, -0.2) is 63.4 Å². The first-order valence-corrected chi connectivity index (χ1v) is 18.5. The molecule has 4 aliphatic rings. The second-order valence-corrected chi connectivity index (χ2v) is 15.7. The zero-order chi connectivity index (χ0) is 37.8. The maximum Gasteiger partial charge on any atom is 0.255 e. The van der Waals surface area contributed by atoms with E-state index in [1.165, 1.54) is 38.8 Å². The summed E-state index contributed by atoms with van der Waals surface area (Å²) >= 11 is 5.90. The smallest absolute Gasteiger partial charge is 0.255 e. The SMILES string of the molecule is C1CNCC2(C1)CC2.CC(C)n1cnc2cc(-c3cnc4c(c3)N(C3CCC3)C(=O)C4(C)C)nc(Nc3cc(C(=O)NCC(F)F)c(Cl)c(F)c3F)c21. The molecule has 282 valence electrons. The van der Waals surface area contributed by atoms with Crippen molar-refractivity contribution in [2.24, 2.45) is 5.41 Å². The van der Waals surface area contributed by atoms with E-state index in [9.17, 15) is 22.8 Å². The Kier molecular flexibility index (Phi) is 9.90. The van der Waals surface area contributed by atoms with Crippen LogP contribution in [0.1, 0.15) is 94.7 Å². The number of halogens is 5. The molecule has 4 aromatic rings. The quantitative estimate of drug-likeness (QED) is 0.123. The number of fused-ring (bicyclic) bond motifs is 2. The van der Waals surface area contributed by atoms with Crippen molar-refractivity contribution in [3.63, 3.8) is 0 Å². The van der Waals surface area contributed by atoms with Gasteiger partial charge in [0.1, 0.15) is 5.52 Å². The van der Waals surface area contributed by atoms with Crippen molar-refractivity contribution < 1.29 is 27.2 Å². The van der Waals surface area contributed by atoms with Crippen LogP contribution in [0.25, 0.3) is 22.3 Å². The molecule has 2 saturated carbocycles. The van der Waals surface area contributed by atoms with E-state index in [-0.39, 0.29) is 23.8 Å². The number of hydrogen-bond acceptors (Lipinski definition) is 7. The van der Waals surface area contributed by atoms with Gasteiger partial charge in [0.05, 0.1) is 57.2 Å². The molecule has 0 bridgehead atoms. The largest absolute Gasteiger partial charge is 0.346 e. The van der Waals surface area contributed by atoms with Crippen LogP contribution >= 0.6 is 11.6 Å². The standard InChI is InChI=1S/C31H30ClF4N7O2.C7H13N/c1-14(2)42-13-39-20-10-18(15-8-21-27(37-11-15)31(3,4)30(45)43(21)16-6-5-7-16)40-28(26(20)42)41-19-9-17(23(32)25(36)24(19)35)29(44)38-12-22(33)34;1-2-7(3-4-7)6-8-5-1/h8-11,13-14,16,22H,5-7,12H2,1-4H3,(H,38,44)(H,40,41);8H,1-6H2. The highest BCUT2D eigenvalue weighted by molar-refractivity contribution is 6.34. The van der Waals surface area contributed by atoms with Crippen molar-refractivity contribution in [2.75, 3.05) is 29.9 Å². The lowest BCUT2D eigenvalue weighted by Crippen LogP contribution is -2.46. The molecule has 0 radical (unpaired) electrons. The topological polar surface area (TPSA) is 117 Å². The number of piperidine rings is 1. The maximum atomic E-state index is 15.3. The van der Waals surface area contributed by atoms with Crippen molar-refractivity contribution in [1.82, 2.24) is 30.2 Å². The number of imidazole rings is 1. The van der Waals surface area contributed by atoms with Gasteiger partial charge in [-0.25, -0.2) is 27.5 Å². The van der Waals surface area contributed by atoms with Gasteiger partial charge in [0.25, 0.3) is 12.3 Å². The molecule has 0 unspecified atom stereocenters. The third kappa shape index (κ3) is 6.95. The Labute approximate surface area is 310 Å². The Bertz CT molecular complexity index is 2070. The van der Waals surface area contributed by atoms with Gasteiger partial charge in [0.15, 0.2) is 17.5 Å². The van der Waals surface area contributed by atoms with E-state index in [1.54, 1.807) is 23.2 Å². The average Bonchev–Trinajstić information content (AvgIpc) is 3.64. The van der Waals surface area contributed by atoms with E-state index in [0.29, 0.717) is 33.7 Å². The van der Waals surface area contributed by atoms with Crippen molar-refractivity contribution in [3.05, 3.63) is 58.6 Å². The van der Waals surface area contributed by atoms with Crippen molar-refractivity contribution in [1.29, 1.82) is 0 Å². The van der Waals surface area contributed by atoms with Gasteiger partial charge in [0, 0.05) is 30.4 Å². The molecular weight excluding hydrogens is 712 g/mol. The summed E-state index contributed by atoms with van der Waals surface area (Å²) in [4.78, 5) is 41.7. The highest BCUT2D eigenvalue weighted by atomic mass is 35.5. The zero-order valence-electron chi connectivity index (χ0n) is 30.1. The van der Waals surface area contributed by atoms with Crippen LogP contribution in [-0.2, 0) is 10.2 Å². The third-order valence-corrected chi connectivity index (χ3v) is 11.3. The van der Waals surface area contributed by atoms with E-state index in [1.807, 2.05) is 44.0 Å². The van der Waals surface area contributed by atoms with Crippen LogP contribution in [0.5, 0.6) is 0 Å². The molecule has 0 atom stereocenters. The summed E-state index contributed by atoms with van der Waals surface area (Å²) in [5.74, 6) is -3.95. The summed E-state index contributed by atoms with van der Waals surface area (Å²) in [6.07, 6.45) is 9.12. The molecule has 3 fully saturated rings. The molecule has 2 amide bonds. The van der Waals surface area contributed by atoms with Crippen LogP contribution in [0.2, 0.25) is 5.02 Å². The lowest BCUT2D eigenvalue weighted by molar-refractivity contribution is -0.123. The fourth-order valence-corrected chi connectivity index (χ4v) is 7.57. The summed E-state index contributed by atoms with van der Waals surface area (Å²) in [6, 6.07) is 4.54. The molecule has 1 saturated heterocycles. The number of nitrogens with zero attached hydrogens (tertiary/aromatic N) is 5. The third-order valence-electron chi connectivity index (χ3n) is 10.9. The highest BCUT2D eigenvalue weighted by Crippen LogP contribution is 2.50. The number of anilines is 3. The van der Waals surface area contributed by atoms with Gasteiger partial charge in [-0.05, 0) is 103 Å². The molecule has 10 nitrogen and oxygen atoms in total. The average molecular weight is 755 g/mol. The summed E-state index contributed by atoms with van der Waals surface area (Å²) in [5, 5.41) is 7.34. The molecule has 1 spiro atoms. The molecule has 3 N–H and O–H groups in total. The number of rotatable bonds is 8. The lowest BCUT2D eigenvalue weighted by Gasteiger charge is -2.35. The van der Waals surface area contributed by atoms with Crippen LogP contribution in [0.3, 0.4) is 0 Å². The number of benzene rings is 1. The first kappa shape index (κ1) is 37.0. The zero-order valence-corrected chi connectivity index (χ0v) is 30.9. The van der Waals surface area contributed by atoms with Gasteiger partial charge in [-0.2, -0.15) is 0 Å². The highest BCUT2D eigenvalue weighted by Gasteiger charge is 2.49. The molecule has 8 rings (SSSR count). The summed E-state index contributed by atoms with van der Waals surface area (Å²) < 4.78 is 57.4. The Hall–Kier alpha value is -4.30. The number of hydrogen-bond donors (Lipinski definition) is 3. The molecule has 53 heavy (non-hydrogen) atoms. The Morgan fingerprint density at radius 3 is 2.43 bits per heavy atom. The number of aromatic nitrogens is 4.